The van der Waals surface area contributed by atoms with Gasteiger partial charge in [-0.3, -0.25) is 0 Å². The molecule has 0 spiro atoms. The van der Waals surface area contributed by atoms with E-state index in [4.69, 9.17) is 0 Å². The van der Waals surface area contributed by atoms with Crippen LogP contribution < -0.4 is 0 Å². The van der Waals surface area contributed by atoms with E-state index in [1.54, 1.807) is 11.3 Å². The molecule has 0 amide bonds. The Morgan fingerprint density at radius 1 is 1.67 bits per heavy atom. The maximum atomic E-state index is 3.63. The van der Waals surface area contributed by atoms with Crippen molar-refractivity contribution >= 4 is 17.4 Å². The molecule has 0 aliphatic rings. The molecular weight excluding hydrogens is 128 g/mol. The van der Waals surface area contributed by atoms with Gasteiger partial charge in [0.15, 0.2) is 0 Å². The standard InChI is InChI=1S/C8H9S/c1-3-4-8-7(2)5-6-9-8/h3-6H,1H2,2H3. The first-order chi connectivity index (χ1) is 4.34. The highest BCUT2D eigenvalue weighted by Crippen LogP contribution is 2.16. The normalized spacial score (nSPS) is 10.9. The fourth-order valence-electron chi connectivity index (χ4n) is 0.662. The Kier molecular flexibility index (Phi) is 2.06. The summed E-state index contributed by atoms with van der Waals surface area (Å²) in [5, 5.41) is 2.09. The lowest BCUT2D eigenvalue weighted by atomic mass is 10.3. The predicted molar refractivity (Wildman–Crippen MR) is 43.4 cm³/mol. The molecule has 1 radical (unpaired) electrons. The van der Waals surface area contributed by atoms with Gasteiger partial charge in [-0.25, -0.2) is 0 Å². The zero-order chi connectivity index (χ0) is 6.69. The number of aryl methyl sites for hydroxylation is 1. The van der Waals surface area contributed by atoms with E-state index in [2.05, 4.69) is 25.3 Å². The lowest BCUT2D eigenvalue weighted by molar-refractivity contribution is 1.54. The monoisotopic (exact) mass is 137 g/mol. The Morgan fingerprint density at radius 2 is 2.44 bits per heavy atom. The second kappa shape index (κ2) is 2.83. The molecular formula is C8H9S. The summed E-state index contributed by atoms with van der Waals surface area (Å²) in [4.78, 5) is 1.31. The molecule has 0 N–H and O–H groups in total. The summed E-state index contributed by atoms with van der Waals surface area (Å²) in [7, 11) is 0. The van der Waals surface area contributed by atoms with Gasteiger partial charge in [0.05, 0.1) is 0 Å². The van der Waals surface area contributed by atoms with Crippen LogP contribution in [0.1, 0.15) is 10.4 Å². The Balaban J connectivity index is 2.94. The van der Waals surface area contributed by atoms with E-state index in [0.29, 0.717) is 0 Å². The van der Waals surface area contributed by atoms with Gasteiger partial charge >= 0.3 is 0 Å². The number of hydrogen-bond donors (Lipinski definition) is 0. The summed E-state index contributed by atoms with van der Waals surface area (Å²) in [6.45, 7) is 5.73. The topological polar surface area (TPSA) is 0 Å². The molecule has 0 aromatic carbocycles. The fraction of sp³-hybridized carbons (Fsp3) is 0.125. The van der Waals surface area contributed by atoms with Gasteiger partial charge < -0.3 is 0 Å². The van der Waals surface area contributed by atoms with Crippen LogP contribution in [0, 0.1) is 13.8 Å². The molecule has 0 saturated carbocycles. The highest BCUT2D eigenvalue weighted by molar-refractivity contribution is 7.11. The largest absolute Gasteiger partial charge is 0.144 e. The molecule has 1 aromatic heterocycles. The van der Waals surface area contributed by atoms with Gasteiger partial charge in [0.2, 0.25) is 0 Å². The molecule has 1 heteroatoms. The molecule has 1 aromatic rings. The summed E-state index contributed by atoms with van der Waals surface area (Å²) in [5.41, 5.74) is 1.33. The van der Waals surface area contributed by atoms with Crippen molar-refractivity contribution in [2.45, 2.75) is 6.92 Å². The minimum absolute atomic E-state index is 1.31. The molecule has 0 atom stereocenters. The average Bonchev–Trinajstić information content (AvgIpc) is 2.18. The summed E-state index contributed by atoms with van der Waals surface area (Å²) in [6.07, 6.45) is 3.85. The highest BCUT2D eigenvalue weighted by atomic mass is 32.1. The molecule has 0 aliphatic heterocycles. The summed E-state index contributed by atoms with van der Waals surface area (Å²) in [6, 6.07) is 2.11. The zero-order valence-electron chi connectivity index (χ0n) is 5.42. The number of rotatable bonds is 1. The van der Waals surface area contributed by atoms with Gasteiger partial charge in [-0.05, 0) is 36.9 Å². The smallest absolute Gasteiger partial charge is 0.0296 e. The van der Waals surface area contributed by atoms with E-state index in [-0.39, 0.29) is 0 Å². The Labute approximate surface area is 59.8 Å². The van der Waals surface area contributed by atoms with Crippen LogP contribution in [0.25, 0.3) is 6.08 Å². The molecule has 0 bridgehead atoms. The van der Waals surface area contributed by atoms with E-state index in [1.807, 2.05) is 12.2 Å². The molecule has 1 rings (SSSR count). The van der Waals surface area contributed by atoms with E-state index in [9.17, 15) is 0 Å². The lowest BCUT2D eigenvalue weighted by Crippen LogP contribution is -1.64. The van der Waals surface area contributed by atoms with Crippen LogP contribution in [-0.2, 0) is 0 Å². The zero-order valence-corrected chi connectivity index (χ0v) is 6.24. The summed E-state index contributed by atoms with van der Waals surface area (Å²) >= 11 is 1.75. The summed E-state index contributed by atoms with van der Waals surface area (Å²) in [5.74, 6) is 0. The molecule has 0 aliphatic carbocycles. The van der Waals surface area contributed by atoms with Gasteiger partial charge in [-0.2, -0.15) is 0 Å². The van der Waals surface area contributed by atoms with Crippen LogP contribution in [0.4, 0.5) is 0 Å². The Morgan fingerprint density at radius 3 is 2.89 bits per heavy atom. The SMILES string of the molecule is [CH2]C=Cc1sccc1C. The molecule has 47 valence electrons. The van der Waals surface area contributed by atoms with Gasteiger partial charge in [0, 0.05) is 4.88 Å². The first-order valence-electron chi connectivity index (χ1n) is 2.84. The van der Waals surface area contributed by atoms with Crippen molar-refractivity contribution in [3.8, 4) is 0 Å². The van der Waals surface area contributed by atoms with Crippen molar-refractivity contribution in [1.82, 2.24) is 0 Å². The number of thiophene rings is 1. The molecule has 1 heterocycles. The minimum atomic E-state index is 1.31. The highest BCUT2D eigenvalue weighted by Gasteiger charge is 1.90. The summed E-state index contributed by atoms with van der Waals surface area (Å²) < 4.78 is 0. The third-order valence-corrected chi connectivity index (χ3v) is 2.16. The first-order valence-corrected chi connectivity index (χ1v) is 3.72. The van der Waals surface area contributed by atoms with Crippen molar-refractivity contribution in [1.29, 1.82) is 0 Å². The minimum Gasteiger partial charge on any atom is -0.144 e. The maximum Gasteiger partial charge on any atom is 0.0296 e. The average molecular weight is 137 g/mol. The van der Waals surface area contributed by atoms with Crippen LogP contribution in [0.3, 0.4) is 0 Å². The van der Waals surface area contributed by atoms with E-state index >= 15 is 0 Å². The van der Waals surface area contributed by atoms with E-state index < -0.39 is 0 Å². The van der Waals surface area contributed by atoms with Gasteiger partial charge in [0.25, 0.3) is 0 Å². The van der Waals surface area contributed by atoms with E-state index in [0.717, 1.165) is 0 Å². The molecule has 0 saturated heterocycles. The number of allylic oxidation sites excluding steroid dienone is 1. The van der Waals surface area contributed by atoms with Crippen molar-refractivity contribution in [3.63, 3.8) is 0 Å². The maximum absolute atomic E-state index is 3.63. The predicted octanol–water partition coefficient (Wildman–Crippen LogP) is 2.90. The quantitative estimate of drug-likeness (QED) is 0.558. The van der Waals surface area contributed by atoms with Crippen LogP contribution in [0.5, 0.6) is 0 Å². The number of hydrogen-bond acceptors (Lipinski definition) is 1. The lowest BCUT2D eigenvalue weighted by Gasteiger charge is -1.84. The first kappa shape index (κ1) is 6.56. The molecule has 0 fully saturated rings. The third kappa shape index (κ3) is 1.42. The van der Waals surface area contributed by atoms with Gasteiger partial charge in [-0.1, -0.05) is 6.08 Å². The molecule has 0 nitrogen and oxygen atoms in total. The van der Waals surface area contributed by atoms with Crippen LogP contribution in [-0.4, -0.2) is 0 Å². The second-order valence-corrected chi connectivity index (χ2v) is 2.82. The van der Waals surface area contributed by atoms with Gasteiger partial charge in [0.1, 0.15) is 0 Å². The Hall–Kier alpha value is -0.560. The second-order valence-electron chi connectivity index (χ2n) is 1.87. The molecule has 0 unspecified atom stereocenters. The van der Waals surface area contributed by atoms with Crippen molar-refractivity contribution in [2.24, 2.45) is 0 Å². The molecule has 9 heavy (non-hydrogen) atoms. The van der Waals surface area contributed by atoms with Crippen molar-refractivity contribution in [2.75, 3.05) is 0 Å². The van der Waals surface area contributed by atoms with Crippen LogP contribution >= 0.6 is 11.3 Å². The Bertz CT molecular complexity index is 208. The van der Waals surface area contributed by atoms with E-state index in [1.165, 1.54) is 10.4 Å². The third-order valence-electron chi connectivity index (χ3n) is 1.17. The van der Waals surface area contributed by atoms with Crippen molar-refractivity contribution in [3.05, 3.63) is 34.9 Å². The van der Waals surface area contributed by atoms with Crippen molar-refractivity contribution < 1.29 is 0 Å². The fourth-order valence-corrected chi connectivity index (χ4v) is 1.51. The van der Waals surface area contributed by atoms with Crippen LogP contribution in [0.2, 0.25) is 0 Å². The van der Waals surface area contributed by atoms with Gasteiger partial charge in [-0.15, -0.1) is 11.3 Å². The van der Waals surface area contributed by atoms with Crippen LogP contribution in [0.15, 0.2) is 17.5 Å².